The van der Waals surface area contributed by atoms with Crippen molar-refractivity contribution >= 4 is 27.3 Å². The van der Waals surface area contributed by atoms with Crippen LogP contribution in [-0.4, -0.2) is 51.4 Å². The van der Waals surface area contributed by atoms with E-state index in [4.69, 9.17) is 0 Å². The highest BCUT2D eigenvalue weighted by atomic mass is 32.2. The highest BCUT2D eigenvalue weighted by Crippen LogP contribution is 2.32. The van der Waals surface area contributed by atoms with E-state index < -0.39 is 10.0 Å². The van der Waals surface area contributed by atoms with Crippen LogP contribution in [0.15, 0.2) is 47.4 Å². The third-order valence-electron chi connectivity index (χ3n) is 5.62. The van der Waals surface area contributed by atoms with Crippen molar-refractivity contribution in [1.29, 1.82) is 0 Å². The average molecular weight is 418 g/mol. The summed E-state index contributed by atoms with van der Waals surface area (Å²) in [6.07, 6.45) is 1.10. The standard InChI is InChI=1S/C21H24FN3O3S/c1-2-21(26)25-10-9-16-15-19(7-8-20(16)25)29(27,28)24-13-11-23(12-14-24)18-5-3-17(22)4-6-18/h3-8,15H,2,9-14H2,1H3. The molecule has 0 spiro atoms. The molecule has 1 saturated heterocycles. The molecular formula is C21H24FN3O3S. The van der Waals surface area contributed by atoms with E-state index >= 15 is 0 Å². The van der Waals surface area contributed by atoms with Crippen LogP contribution < -0.4 is 9.80 Å². The Morgan fingerprint density at radius 1 is 1.00 bits per heavy atom. The Bertz CT molecular complexity index is 1020. The second-order valence-electron chi connectivity index (χ2n) is 7.31. The number of amides is 1. The first-order chi connectivity index (χ1) is 13.9. The Kier molecular flexibility index (Phi) is 5.31. The van der Waals surface area contributed by atoms with E-state index in [1.807, 2.05) is 6.92 Å². The quantitative estimate of drug-likeness (QED) is 0.767. The highest BCUT2D eigenvalue weighted by molar-refractivity contribution is 7.89. The van der Waals surface area contributed by atoms with Gasteiger partial charge in [0.05, 0.1) is 4.90 Å². The third-order valence-corrected chi connectivity index (χ3v) is 7.51. The van der Waals surface area contributed by atoms with Gasteiger partial charge in [-0.2, -0.15) is 4.31 Å². The van der Waals surface area contributed by atoms with Crippen LogP contribution in [0.25, 0.3) is 0 Å². The van der Waals surface area contributed by atoms with Crippen LogP contribution in [0.5, 0.6) is 0 Å². The Morgan fingerprint density at radius 2 is 1.69 bits per heavy atom. The Labute approximate surface area is 170 Å². The molecule has 1 fully saturated rings. The van der Waals surface area contributed by atoms with Crippen LogP contribution in [0.1, 0.15) is 18.9 Å². The third kappa shape index (κ3) is 3.74. The SMILES string of the molecule is CCC(=O)N1CCc2cc(S(=O)(=O)N3CCN(c4ccc(F)cc4)CC3)ccc21. The van der Waals surface area contributed by atoms with Crippen molar-refractivity contribution in [3.8, 4) is 0 Å². The number of carbonyl (C=O) groups excluding carboxylic acids is 1. The lowest BCUT2D eigenvalue weighted by molar-refractivity contribution is -0.118. The van der Waals surface area contributed by atoms with Crippen molar-refractivity contribution in [1.82, 2.24) is 4.31 Å². The van der Waals surface area contributed by atoms with Gasteiger partial charge < -0.3 is 9.80 Å². The van der Waals surface area contributed by atoms with Crippen molar-refractivity contribution < 1.29 is 17.6 Å². The van der Waals surface area contributed by atoms with Crippen LogP contribution in [0, 0.1) is 5.82 Å². The normalized spacial score (nSPS) is 17.4. The van der Waals surface area contributed by atoms with E-state index in [0.29, 0.717) is 45.6 Å². The number of sulfonamides is 1. The minimum absolute atomic E-state index is 0.0521. The first-order valence-corrected chi connectivity index (χ1v) is 11.3. The molecule has 0 bridgehead atoms. The Morgan fingerprint density at radius 3 is 2.34 bits per heavy atom. The zero-order chi connectivity index (χ0) is 20.6. The van der Waals surface area contributed by atoms with E-state index in [9.17, 15) is 17.6 Å². The molecule has 0 aliphatic carbocycles. The van der Waals surface area contributed by atoms with Crippen molar-refractivity contribution in [2.75, 3.05) is 42.5 Å². The van der Waals surface area contributed by atoms with Crippen molar-refractivity contribution in [2.45, 2.75) is 24.7 Å². The van der Waals surface area contributed by atoms with Gasteiger partial charge in [-0.05, 0) is 54.4 Å². The number of hydrogen-bond donors (Lipinski definition) is 0. The van der Waals surface area contributed by atoms with E-state index in [-0.39, 0.29) is 16.6 Å². The van der Waals surface area contributed by atoms with Crippen molar-refractivity contribution in [3.63, 3.8) is 0 Å². The van der Waals surface area contributed by atoms with Gasteiger partial charge in [0.25, 0.3) is 0 Å². The summed E-state index contributed by atoms with van der Waals surface area (Å²) < 4.78 is 40.9. The number of anilines is 2. The van der Waals surface area contributed by atoms with Gasteiger partial charge >= 0.3 is 0 Å². The first-order valence-electron chi connectivity index (χ1n) is 9.84. The fourth-order valence-corrected chi connectivity index (χ4v) is 5.45. The number of halogens is 1. The lowest BCUT2D eigenvalue weighted by atomic mass is 10.2. The molecule has 2 aliphatic heterocycles. The van der Waals surface area contributed by atoms with Crippen LogP contribution in [0.2, 0.25) is 0 Å². The molecule has 1 amide bonds. The number of carbonyl (C=O) groups is 1. The van der Waals surface area contributed by atoms with Gasteiger partial charge in [0.15, 0.2) is 0 Å². The number of fused-ring (bicyclic) bond motifs is 1. The van der Waals surface area contributed by atoms with Gasteiger partial charge in [-0.3, -0.25) is 4.79 Å². The number of piperazine rings is 1. The molecule has 2 aliphatic rings. The van der Waals surface area contributed by atoms with Gasteiger partial charge in [0.2, 0.25) is 15.9 Å². The average Bonchev–Trinajstić information content (AvgIpc) is 3.17. The van der Waals surface area contributed by atoms with Gasteiger partial charge in [-0.15, -0.1) is 0 Å². The van der Waals surface area contributed by atoms with Crippen molar-refractivity contribution in [2.24, 2.45) is 0 Å². The fourth-order valence-electron chi connectivity index (χ4n) is 3.98. The minimum atomic E-state index is -3.60. The molecule has 2 heterocycles. The zero-order valence-electron chi connectivity index (χ0n) is 16.3. The number of rotatable bonds is 4. The molecule has 6 nitrogen and oxygen atoms in total. The molecule has 0 unspecified atom stereocenters. The topological polar surface area (TPSA) is 60.9 Å². The molecule has 0 radical (unpaired) electrons. The van der Waals surface area contributed by atoms with Gasteiger partial charge in [0.1, 0.15) is 5.82 Å². The Hall–Kier alpha value is -2.45. The number of hydrogen-bond acceptors (Lipinski definition) is 4. The largest absolute Gasteiger partial charge is 0.369 e. The van der Waals surface area contributed by atoms with Crippen LogP contribution in [0.3, 0.4) is 0 Å². The van der Waals surface area contributed by atoms with Crippen LogP contribution in [-0.2, 0) is 21.2 Å². The fraction of sp³-hybridized carbons (Fsp3) is 0.381. The molecule has 0 atom stereocenters. The molecule has 8 heteroatoms. The molecule has 0 N–H and O–H groups in total. The molecular weight excluding hydrogens is 393 g/mol. The molecule has 154 valence electrons. The van der Waals surface area contributed by atoms with E-state index in [1.54, 1.807) is 35.2 Å². The second kappa shape index (κ2) is 7.76. The van der Waals surface area contributed by atoms with E-state index in [0.717, 1.165) is 16.9 Å². The molecule has 0 saturated carbocycles. The highest BCUT2D eigenvalue weighted by Gasteiger charge is 2.31. The molecule has 0 aromatic heterocycles. The maximum atomic E-state index is 13.1. The zero-order valence-corrected chi connectivity index (χ0v) is 17.2. The van der Waals surface area contributed by atoms with E-state index in [2.05, 4.69) is 4.90 Å². The summed E-state index contributed by atoms with van der Waals surface area (Å²) in [5.41, 5.74) is 2.61. The smallest absolute Gasteiger partial charge is 0.243 e. The lowest BCUT2D eigenvalue weighted by Crippen LogP contribution is -2.48. The monoisotopic (exact) mass is 417 g/mol. The van der Waals surface area contributed by atoms with Crippen LogP contribution >= 0.6 is 0 Å². The summed E-state index contributed by atoms with van der Waals surface area (Å²) in [4.78, 5) is 16.1. The lowest BCUT2D eigenvalue weighted by Gasteiger charge is -2.35. The second-order valence-corrected chi connectivity index (χ2v) is 9.24. The summed E-state index contributed by atoms with van der Waals surface area (Å²) >= 11 is 0. The van der Waals surface area contributed by atoms with Crippen LogP contribution in [0.4, 0.5) is 15.8 Å². The Balaban J connectivity index is 1.48. The minimum Gasteiger partial charge on any atom is -0.369 e. The predicted octanol–water partition coefficient (Wildman–Crippen LogP) is 2.64. The van der Waals surface area contributed by atoms with Gasteiger partial charge in [-0.1, -0.05) is 6.92 Å². The number of benzene rings is 2. The van der Waals surface area contributed by atoms with Crippen molar-refractivity contribution in [3.05, 3.63) is 53.8 Å². The van der Waals surface area contributed by atoms with E-state index in [1.165, 1.54) is 16.4 Å². The maximum absolute atomic E-state index is 13.1. The molecule has 2 aromatic carbocycles. The molecule has 29 heavy (non-hydrogen) atoms. The predicted molar refractivity (Wildman–Crippen MR) is 110 cm³/mol. The summed E-state index contributed by atoms with van der Waals surface area (Å²) in [6.45, 7) is 4.27. The summed E-state index contributed by atoms with van der Waals surface area (Å²) in [6, 6.07) is 11.3. The van der Waals surface area contributed by atoms with Gasteiger partial charge in [-0.25, -0.2) is 12.8 Å². The van der Waals surface area contributed by atoms with Gasteiger partial charge in [0, 0.05) is 50.5 Å². The summed E-state index contributed by atoms with van der Waals surface area (Å²) in [5, 5.41) is 0. The summed E-state index contributed by atoms with van der Waals surface area (Å²) in [7, 11) is -3.60. The first kappa shape index (κ1) is 19.8. The number of nitrogens with zero attached hydrogens (tertiary/aromatic N) is 3. The maximum Gasteiger partial charge on any atom is 0.243 e. The molecule has 2 aromatic rings. The molecule has 4 rings (SSSR count). The summed E-state index contributed by atoms with van der Waals surface area (Å²) in [5.74, 6) is -0.234.